The Hall–Kier alpha value is -2.48. The van der Waals surface area contributed by atoms with E-state index in [1.807, 2.05) is 0 Å². The van der Waals surface area contributed by atoms with Crippen LogP contribution in [0.3, 0.4) is 0 Å². The lowest BCUT2D eigenvalue weighted by atomic mass is 10.1. The van der Waals surface area contributed by atoms with E-state index in [2.05, 4.69) is 20.0 Å². The van der Waals surface area contributed by atoms with Crippen molar-refractivity contribution in [3.8, 4) is 16.9 Å². The molecule has 28 heavy (non-hydrogen) atoms. The maximum absolute atomic E-state index is 15.0. The predicted molar refractivity (Wildman–Crippen MR) is 103 cm³/mol. The predicted octanol–water partition coefficient (Wildman–Crippen LogP) is 4.50. The second-order valence-corrected chi connectivity index (χ2v) is 7.03. The van der Waals surface area contributed by atoms with Gasteiger partial charge in [0.05, 0.1) is 17.7 Å². The number of anilines is 1. The molecule has 2 aromatic heterocycles. The molecule has 3 heterocycles. The van der Waals surface area contributed by atoms with Crippen molar-refractivity contribution >= 4 is 23.2 Å². The number of ether oxygens (including phenoxy) is 1. The molecule has 1 aromatic carbocycles. The van der Waals surface area contributed by atoms with Gasteiger partial charge >= 0.3 is 0 Å². The zero-order chi connectivity index (χ0) is 19.7. The van der Waals surface area contributed by atoms with E-state index in [1.54, 1.807) is 6.92 Å². The fraction of sp³-hybridized carbons (Fsp3) is 0.421. The first-order chi connectivity index (χ1) is 13.6. The molecule has 1 saturated heterocycles. The van der Waals surface area contributed by atoms with E-state index in [0.717, 1.165) is 50.9 Å². The van der Waals surface area contributed by atoms with E-state index in [4.69, 9.17) is 16.3 Å². The number of halogens is 3. The molecule has 0 atom stereocenters. The Kier molecular flexibility index (Phi) is 5.30. The third kappa shape index (κ3) is 3.37. The minimum atomic E-state index is -0.761. The lowest BCUT2D eigenvalue weighted by molar-refractivity contribution is 0.336. The van der Waals surface area contributed by atoms with Gasteiger partial charge < -0.3 is 9.64 Å². The Morgan fingerprint density at radius 1 is 1.07 bits per heavy atom. The van der Waals surface area contributed by atoms with Crippen molar-refractivity contribution in [2.45, 2.75) is 32.6 Å². The standard InChI is InChI=1S/C19H20ClF2N5O/c1-2-28-12-9-13(21)15(14(22)10-12)16-17(20)25-19-23-11-24-27(19)18(16)26-7-5-3-4-6-8-26/h9-11H,2-8H2,1H3. The number of benzene rings is 1. The minimum absolute atomic E-state index is 0.0123. The number of nitrogens with zero attached hydrogens (tertiary/aromatic N) is 5. The molecule has 9 heteroatoms. The fourth-order valence-corrected chi connectivity index (χ4v) is 3.89. The summed E-state index contributed by atoms with van der Waals surface area (Å²) in [6, 6.07) is 2.33. The summed E-state index contributed by atoms with van der Waals surface area (Å²) in [4.78, 5) is 10.4. The van der Waals surface area contributed by atoms with Gasteiger partial charge in [0.25, 0.3) is 5.78 Å². The van der Waals surface area contributed by atoms with Crippen molar-refractivity contribution in [2.75, 3.05) is 24.6 Å². The molecule has 0 amide bonds. The van der Waals surface area contributed by atoms with Gasteiger partial charge in [0.2, 0.25) is 0 Å². The van der Waals surface area contributed by atoms with Crippen molar-refractivity contribution in [1.29, 1.82) is 0 Å². The molecule has 0 N–H and O–H groups in total. The Bertz CT molecular complexity index is 978. The highest BCUT2D eigenvalue weighted by atomic mass is 35.5. The van der Waals surface area contributed by atoms with Crippen molar-refractivity contribution in [3.63, 3.8) is 0 Å². The summed E-state index contributed by atoms with van der Waals surface area (Å²) in [6.07, 6.45) is 5.52. The number of aromatic nitrogens is 4. The maximum Gasteiger partial charge on any atom is 0.255 e. The largest absolute Gasteiger partial charge is 0.494 e. The first-order valence-electron chi connectivity index (χ1n) is 9.36. The molecule has 1 aliphatic rings. The zero-order valence-electron chi connectivity index (χ0n) is 15.5. The average Bonchev–Trinajstić information content (AvgIpc) is 2.94. The fourth-order valence-electron chi connectivity index (χ4n) is 3.63. The molecule has 6 nitrogen and oxygen atoms in total. The van der Waals surface area contributed by atoms with Crippen LogP contribution in [0, 0.1) is 11.6 Å². The van der Waals surface area contributed by atoms with Crippen LogP contribution in [0.1, 0.15) is 32.6 Å². The van der Waals surface area contributed by atoms with E-state index < -0.39 is 11.6 Å². The molecule has 4 rings (SSSR count). The highest BCUT2D eigenvalue weighted by molar-refractivity contribution is 6.33. The topological polar surface area (TPSA) is 55.6 Å². The van der Waals surface area contributed by atoms with Gasteiger partial charge in [-0.15, -0.1) is 0 Å². The summed E-state index contributed by atoms with van der Waals surface area (Å²) >= 11 is 6.42. The van der Waals surface area contributed by atoms with Gasteiger partial charge in [-0.05, 0) is 19.8 Å². The smallest absolute Gasteiger partial charge is 0.255 e. The molecule has 1 fully saturated rings. The number of hydrogen-bond donors (Lipinski definition) is 0. The summed E-state index contributed by atoms with van der Waals surface area (Å²) in [7, 11) is 0. The van der Waals surface area contributed by atoms with Crippen LogP contribution in [0.5, 0.6) is 5.75 Å². The highest BCUT2D eigenvalue weighted by Gasteiger charge is 2.27. The highest BCUT2D eigenvalue weighted by Crippen LogP contribution is 2.40. The van der Waals surface area contributed by atoms with Crippen LogP contribution in [0.4, 0.5) is 14.6 Å². The summed E-state index contributed by atoms with van der Waals surface area (Å²) < 4.78 is 36.7. The zero-order valence-corrected chi connectivity index (χ0v) is 16.2. The first kappa shape index (κ1) is 18.9. The number of fused-ring (bicyclic) bond motifs is 1. The summed E-state index contributed by atoms with van der Waals surface area (Å²) in [5.41, 5.74) is -0.0581. The summed E-state index contributed by atoms with van der Waals surface area (Å²) in [5, 5.41) is 4.22. The van der Waals surface area contributed by atoms with E-state index in [1.165, 1.54) is 10.8 Å². The Morgan fingerprint density at radius 2 is 1.75 bits per heavy atom. The number of rotatable bonds is 4. The first-order valence-corrected chi connectivity index (χ1v) is 9.74. The van der Waals surface area contributed by atoms with Gasteiger partial charge in [-0.1, -0.05) is 24.4 Å². The Labute approximate surface area is 166 Å². The molecule has 148 valence electrons. The SMILES string of the molecule is CCOc1cc(F)c(-c2c(Cl)nc3ncnn3c2N2CCCCCC2)c(F)c1. The Balaban J connectivity index is 1.96. The van der Waals surface area contributed by atoms with E-state index >= 15 is 0 Å². The van der Waals surface area contributed by atoms with Gasteiger partial charge in [-0.2, -0.15) is 19.6 Å². The number of hydrogen-bond acceptors (Lipinski definition) is 5. The second-order valence-electron chi connectivity index (χ2n) is 6.67. The normalized spacial score (nSPS) is 15.1. The monoisotopic (exact) mass is 407 g/mol. The molecule has 0 radical (unpaired) electrons. The molecule has 1 aliphatic heterocycles. The molecule has 0 unspecified atom stereocenters. The summed E-state index contributed by atoms with van der Waals surface area (Å²) in [6.45, 7) is 3.54. The quantitative estimate of drug-likeness (QED) is 0.596. The van der Waals surface area contributed by atoms with Crippen LogP contribution in [-0.2, 0) is 0 Å². The van der Waals surface area contributed by atoms with E-state index in [0.29, 0.717) is 18.2 Å². The molecular formula is C19H20ClF2N5O. The lowest BCUT2D eigenvalue weighted by Crippen LogP contribution is -2.27. The third-order valence-corrected chi connectivity index (χ3v) is 5.11. The van der Waals surface area contributed by atoms with Gasteiger partial charge in [0.15, 0.2) is 0 Å². The second kappa shape index (κ2) is 7.87. The van der Waals surface area contributed by atoms with Crippen LogP contribution in [0.25, 0.3) is 16.9 Å². The Morgan fingerprint density at radius 3 is 2.39 bits per heavy atom. The van der Waals surface area contributed by atoms with Crippen molar-refractivity contribution in [3.05, 3.63) is 35.2 Å². The van der Waals surface area contributed by atoms with Crippen LogP contribution in [0.2, 0.25) is 5.15 Å². The maximum atomic E-state index is 15.0. The van der Waals surface area contributed by atoms with E-state index in [9.17, 15) is 8.78 Å². The molecule has 3 aromatic rings. The lowest BCUT2D eigenvalue weighted by Gasteiger charge is -2.26. The van der Waals surface area contributed by atoms with Crippen LogP contribution < -0.4 is 9.64 Å². The van der Waals surface area contributed by atoms with Crippen LogP contribution >= 0.6 is 11.6 Å². The minimum Gasteiger partial charge on any atom is -0.494 e. The van der Waals surface area contributed by atoms with Crippen LogP contribution in [-0.4, -0.2) is 39.3 Å². The van der Waals surface area contributed by atoms with Crippen LogP contribution in [0.15, 0.2) is 18.5 Å². The summed E-state index contributed by atoms with van der Waals surface area (Å²) in [5.74, 6) is -0.593. The van der Waals surface area contributed by atoms with Crippen molar-refractivity contribution < 1.29 is 13.5 Å². The molecule has 0 aliphatic carbocycles. The van der Waals surface area contributed by atoms with Gasteiger partial charge in [0.1, 0.15) is 34.7 Å². The van der Waals surface area contributed by atoms with E-state index in [-0.39, 0.29) is 22.0 Å². The molecule has 0 bridgehead atoms. The third-order valence-electron chi connectivity index (χ3n) is 4.84. The van der Waals surface area contributed by atoms with Gasteiger partial charge in [0, 0.05) is 25.2 Å². The molecular weight excluding hydrogens is 388 g/mol. The van der Waals surface area contributed by atoms with Gasteiger partial charge in [-0.3, -0.25) is 0 Å². The average molecular weight is 408 g/mol. The van der Waals surface area contributed by atoms with Crippen molar-refractivity contribution in [2.24, 2.45) is 0 Å². The van der Waals surface area contributed by atoms with Gasteiger partial charge in [-0.25, -0.2) is 8.78 Å². The van der Waals surface area contributed by atoms with Crippen molar-refractivity contribution in [1.82, 2.24) is 19.6 Å². The molecule has 0 spiro atoms. The molecule has 0 saturated carbocycles.